The summed E-state index contributed by atoms with van der Waals surface area (Å²) >= 11 is 0. The lowest BCUT2D eigenvalue weighted by Crippen LogP contribution is -2.27. The summed E-state index contributed by atoms with van der Waals surface area (Å²) in [6, 6.07) is 5.89. The van der Waals surface area contributed by atoms with Crippen molar-refractivity contribution in [2.75, 3.05) is 21.3 Å². The van der Waals surface area contributed by atoms with Gasteiger partial charge in [-0.1, -0.05) is 18.2 Å². The first-order valence-corrected chi connectivity index (χ1v) is 6.95. The molecule has 0 amide bonds. The molecule has 4 nitrogen and oxygen atoms in total. The van der Waals surface area contributed by atoms with Gasteiger partial charge >= 0.3 is 0 Å². The third kappa shape index (κ3) is 3.22. The normalized spacial score (nSPS) is 25.0. The third-order valence-corrected chi connectivity index (χ3v) is 3.89. The number of methoxy groups -OCH3 is 3. The minimum Gasteiger partial charge on any atom is -0.505 e. The largest absolute Gasteiger partial charge is 0.505 e. The maximum Gasteiger partial charge on any atom is 0.161 e. The smallest absolute Gasteiger partial charge is 0.161 e. The highest BCUT2D eigenvalue weighted by molar-refractivity contribution is 5.49. The standard InChI is InChI=1S/C17H22O4/c1-19-11-10-17(8-6-14(18)7-9-17)13-4-5-15(20-2)16(12-13)21-3/h4-6,8,10-12,14,18H,7,9H2,1-3H3/b11-10+/t14-,17-/m1/s1. The highest BCUT2D eigenvalue weighted by Crippen LogP contribution is 2.40. The SMILES string of the molecule is CO/C=C/[C@@]1(c2ccc(OC)c(OC)c2)C=C[C@@H](O)CC1. The van der Waals surface area contributed by atoms with Crippen molar-refractivity contribution in [1.29, 1.82) is 0 Å². The molecule has 0 aliphatic heterocycles. The van der Waals surface area contributed by atoms with E-state index in [0.717, 1.165) is 12.0 Å². The number of rotatable bonds is 5. The van der Waals surface area contributed by atoms with Crippen LogP contribution in [0.4, 0.5) is 0 Å². The van der Waals surface area contributed by atoms with Crippen molar-refractivity contribution >= 4 is 0 Å². The van der Waals surface area contributed by atoms with Gasteiger partial charge < -0.3 is 19.3 Å². The summed E-state index contributed by atoms with van der Waals surface area (Å²) < 4.78 is 15.8. The van der Waals surface area contributed by atoms with Crippen LogP contribution in [0, 0.1) is 0 Å². The van der Waals surface area contributed by atoms with Gasteiger partial charge in [-0.25, -0.2) is 0 Å². The minimum absolute atomic E-state index is 0.297. The van der Waals surface area contributed by atoms with Crippen molar-refractivity contribution in [2.24, 2.45) is 0 Å². The zero-order valence-corrected chi connectivity index (χ0v) is 12.7. The third-order valence-electron chi connectivity index (χ3n) is 3.89. The van der Waals surface area contributed by atoms with Gasteiger partial charge in [-0.15, -0.1) is 0 Å². The van der Waals surface area contributed by atoms with Crippen LogP contribution in [0.25, 0.3) is 0 Å². The molecule has 0 fully saturated rings. The second-order valence-electron chi connectivity index (χ2n) is 5.11. The summed E-state index contributed by atoms with van der Waals surface area (Å²) in [6.07, 6.45) is 8.68. The van der Waals surface area contributed by atoms with Gasteiger partial charge in [0.05, 0.1) is 33.7 Å². The quantitative estimate of drug-likeness (QED) is 0.669. The maximum absolute atomic E-state index is 9.71. The number of benzene rings is 1. The Bertz CT molecular complexity index is 536. The van der Waals surface area contributed by atoms with Gasteiger partial charge in [-0.2, -0.15) is 0 Å². The topological polar surface area (TPSA) is 47.9 Å². The fraction of sp³-hybridized carbons (Fsp3) is 0.412. The molecule has 0 bridgehead atoms. The van der Waals surface area contributed by atoms with Crippen molar-refractivity contribution in [3.8, 4) is 11.5 Å². The van der Waals surface area contributed by atoms with Gasteiger partial charge in [0.2, 0.25) is 0 Å². The van der Waals surface area contributed by atoms with Crippen LogP contribution in [0.5, 0.6) is 11.5 Å². The van der Waals surface area contributed by atoms with Crippen molar-refractivity contribution in [1.82, 2.24) is 0 Å². The van der Waals surface area contributed by atoms with E-state index >= 15 is 0 Å². The second kappa shape index (κ2) is 6.68. The molecule has 1 aliphatic rings. The molecule has 0 radical (unpaired) electrons. The van der Waals surface area contributed by atoms with Crippen molar-refractivity contribution in [3.05, 3.63) is 48.3 Å². The average Bonchev–Trinajstić information content (AvgIpc) is 2.54. The van der Waals surface area contributed by atoms with E-state index in [1.54, 1.807) is 27.6 Å². The highest BCUT2D eigenvalue weighted by atomic mass is 16.5. The molecule has 1 aliphatic carbocycles. The lowest BCUT2D eigenvalue weighted by Gasteiger charge is -2.32. The number of hydrogen-bond acceptors (Lipinski definition) is 4. The average molecular weight is 290 g/mol. The Morgan fingerprint density at radius 1 is 1.19 bits per heavy atom. The Balaban J connectivity index is 2.47. The fourth-order valence-corrected chi connectivity index (χ4v) is 2.64. The molecule has 0 saturated carbocycles. The van der Waals surface area contributed by atoms with Crippen molar-refractivity contribution < 1.29 is 19.3 Å². The van der Waals surface area contributed by atoms with Gasteiger partial charge in [-0.3, -0.25) is 0 Å². The van der Waals surface area contributed by atoms with E-state index in [4.69, 9.17) is 14.2 Å². The van der Waals surface area contributed by atoms with Crippen molar-refractivity contribution in [3.63, 3.8) is 0 Å². The van der Waals surface area contributed by atoms with E-state index in [2.05, 4.69) is 0 Å². The first kappa shape index (κ1) is 15.4. The maximum atomic E-state index is 9.71. The molecule has 2 atom stereocenters. The van der Waals surface area contributed by atoms with Crippen LogP contribution in [0.15, 0.2) is 42.7 Å². The number of ether oxygens (including phenoxy) is 3. The fourth-order valence-electron chi connectivity index (χ4n) is 2.64. The van der Waals surface area contributed by atoms with Crippen LogP contribution in [0.3, 0.4) is 0 Å². The highest BCUT2D eigenvalue weighted by Gasteiger charge is 2.31. The molecule has 114 valence electrons. The minimum atomic E-state index is -0.380. The van der Waals surface area contributed by atoms with Crippen LogP contribution >= 0.6 is 0 Å². The van der Waals surface area contributed by atoms with E-state index in [1.165, 1.54) is 0 Å². The van der Waals surface area contributed by atoms with Crippen LogP contribution in [-0.2, 0) is 10.2 Å². The van der Waals surface area contributed by atoms with Gasteiger partial charge in [0.25, 0.3) is 0 Å². The van der Waals surface area contributed by atoms with Crippen LogP contribution in [0.2, 0.25) is 0 Å². The molecule has 0 saturated heterocycles. The summed E-state index contributed by atoms with van der Waals surface area (Å²) in [4.78, 5) is 0. The molecule has 0 heterocycles. The summed E-state index contributed by atoms with van der Waals surface area (Å²) in [6.45, 7) is 0. The molecule has 1 N–H and O–H groups in total. The zero-order chi connectivity index (χ0) is 15.3. The lowest BCUT2D eigenvalue weighted by atomic mass is 9.73. The summed E-state index contributed by atoms with van der Waals surface area (Å²) in [5, 5.41) is 9.71. The number of aliphatic hydroxyl groups excluding tert-OH is 1. The number of hydrogen-bond donors (Lipinski definition) is 1. The Hall–Kier alpha value is -1.94. The van der Waals surface area contributed by atoms with Crippen LogP contribution < -0.4 is 9.47 Å². The molecule has 1 aromatic rings. The molecule has 2 rings (SSSR count). The lowest BCUT2D eigenvalue weighted by molar-refractivity contribution is 0.194. The molecule has 0 unspecified atom stereocenters. The van der Waals surface area contributed by atoms with Gasteiger partial charge in [-0.05, 0) is 36.6 Å². The molecule has 0 spiro atoms. The van der Waals surface area contributed by atoms with Gasteiger partial charge in [0.15, 0.2) is 11.5 Å². The van der Waals surface area contributed by atoms with Crippen molar-refractivity contribution in [2.45, 2.75) is 24.4 Å². The van der Waals surface area contributed by atoms with E-state index in [1.807, 2.05) is 36.4 Å². The Morgan fingerprint density at radius 3 is 2.52 bits per heavy atom. The number of aliphatic hydroxyl groups is 1. The Labute approximate surface area is 125 Å². The molecular weight excluding hydrogens is 268 g/mol. The molecule has 4 heteroatoms. The van der Waals surface area contributed by atoms with E-state index in [-0.39, 0.29) is 11.5 Å². The van der Waals surface area contributed by atoms with E-state index in [0.29, 0.717) is 17.9 Å². The molecule has 0 aromatic heterocycles. The predicted octanol–water partition coefficient (Wildman–Crippen LogP) is 2.81. The monoisotopic (exact) mass is 290 g/mol. The predicted molar refractivity (Wildman–Crippen MR) is 81.8 cm³/mol. The Morgan fingerprint density at radius 2 is 1.95 bits per heavy atom. The van der Waals surface area contributed by atoms with Crippen LogP contribution in [-0.4, -0.2) is 32.5 Å². The Kier molecular flexibility index (Phi) is 4.91. The van der Waals surface area contributed by atoms with Gasteiger partial charge in [0, 0.05) is 5.41 Å². The molecule has 21 heavy (non-hydrogen) atoms. The first-order chi connectivity index (χ1) is 10.1. The van der Waals surface area contributed by atoms with Crippen LogP contribution in [0.1, 0.15) is 18.4 Å². The van der Waals surface area contributed by atoms with Gasteiger partial charge in [0.1, 0.15) is 0 Å². The summed E-state index contributed by atoms with van der Waals surface area (Å²) in [7, 11) is 4.87. The molecule has 1 aromatic carbocycles. The number of allylic oxidation sites excluding steroid dienone is 2. The summed E-state index contributed by atoms with van der Waals surface area (Å²) in [5.41, 5.74) is 0.783. The zero-order valence-electron chi connectivity index (χ0n) is 12.7. The second-order valence-corrected chi connectivity index (χ2v) is 5.11. The molecular formula is C17H22O4. The summed E-state index contributed by atoms with van der Waals surface area (Å²) in [5.74, 6) is 1.40. The first-order valence-electron chi connectivity index (χ1n) is 6.95. The van der Waals surface area contributed by atoms with E-state index < -0.39 is 0 Å². The van der Waals surface area contributed by atoms with E-state index in [9.17, 15) is 5.11 Å².